The summed E-state index contributed by atoms with van der Waals surface area (Å²) in [5.74, 6) is 0.907. The van der Waals surface area contributed by atoms with E-state index in [2.05, 4.69) is 5.32 Å². The van der Waals surface area contributed by atoms with Crippen LogP contribution in [-0.2, 0) is 9.53 Å². The number of benzene rings is 2. The van der Waals surface area contributed by atoms with Crippen molar-refractivity contribution < 1.29 is 19.0 Å². The number of esters is 1. The van der Waals surface area contributed by atoms with Crippen LogP contribution in [0.2, 0.25) is 0 Å². The minimum atomic E-state index is -0.608. The molecule has 0 aromatic heterocycles. The van der Waals surface area contributed by atoms with Crippen LogP contribution in [0.4, 0.5) is 5.69 Å². The minimum Gasteiger partial charge on any atom is -0.497 e. The van der Waals surface area contributed by atoms with E-state index in [0.29, 0.717) is 17.2 Å². The SMILES string of the molecule is COC(=O)[C@@H](Nc1cc(OC)cc(OC)c1)c1ccccc1. The highest BCUT2D eigenvalue weighted by atomic mass is 16.5. The fraction of sp³-hybridized carbons (Fsp3) is 0.235. The fourth-order valence-electron chi connectivity index (χ4n) is 2.10. The highest BCUT2D eigenvalue weighted by Crippen LogP contribution is 2.29. The number of rotatable bonds is 6. The lowest BCUT2D eigenvalue weighted by atomic mass is 10.1. The molecule has 5 nitrogen and oxygen atoms in total. The molecular formula is C17H19NO4. The smallest absolute Gasteiger partial charge is 0.332 e. The molecule has 2 aromatic rings. The van der Waals surface area contributed by atoms with Gasteiger partial charge in [-0.2, -0.15) is 0 Å². The molecule has 1 N–H and O–H groups in total. The van der Waals surface area contributed by atoms with Gasteiger partial charge in [0.1, 0.15) is 11.5 Å². The van der Waals surface area contributed by atoms with Crippen LogP contribution >= 0.6 is 0 Å². The molecule has 1 atom stereocenters. The van der Waals surface area contributed by atoms with E-state index >= 15 is 0 Å². The van der Waals surface area contributed by atoms with Crippen LogP contribution in [-0.4, -0.2) is 27.3 Å². The van der Waals surface area contributed by atoms with Gasteiger partial charge in [0.15, 0.2) is 6.04 Å². The van der Waals surface area contributed by atoms with E-state index in [0.717, 1.165) is 5.56 Å². The largest absolute Gasteiger partial charge is 0.497 e. The number of methoxy groups -OCH3 is 3. The van der Waals surface area contributed by atoms with Crippen molar-refractivity contribution in [1.82, 2.24) is 0 Å². The zero-order valence-electron chi connectivity index (χ0n) is 12.8. The summed E-state index contributed by atoms with van der Waals surface area (Å²) in [6, 6.07) is 14.1. The first-order chi connectivity index (χ1) is 10.7. The second kappa shape index (κ2) is 7.36. The van der Waals surface area contributed by atoms with E-state index in [4.69, 9.17) is 14.2 Å². The van der Waals surface area contributed by atoms with E-state index in [-0.39, 0.29) is 5.97 Å². The Morgan fingerprint density at radius 3 is 2.05 bits per heavy atom. The number of carbonyl (C=O) groups excluding carboxylic acids is 1. The molecule has 0 saturated heterocycles. The zero-order chi connectivity index (χ0) is 15.9. The van der Waals surface area contributed by atoms with Gasteiger partial charge in [-0.15, -0.1) is 0 Å². The highest BCUT2D eigenvalue weighted by Gasteiger charge is 2.21. The van der Waals surface area contributed by atoms with Crippen molar-refractivity contribution >= 4 is 11.7 Å². The topological polar surface area (TPSA) is 56.8 Å². The van der Waals surface area contributed by atoms with E-state index < -0.39 is 6.04 Å². The molecule has 0 spiro atoms. The molecule has 0 unspecified atom stereocenters. The molecule has 2 aromatic carbocycles. The first kappa shape index (κ1) is 15.7. The molecule has 116 valence electrons. The summed E-state index contributed by atoms with van der Waals surface area (Å²) >= 11 is 0. The summed E-state index contributed by atoms with van der Waals surface area (Å²) in [5.41, 5.74) is 1.52. The summed E-state index contributed by atoms with van der Waals surface area (Å²) in [7, 11) is 4.52. The van der Waals surface area contributed by atoms with Gasteiger partial charge in [-0.3, -0.25) is 0 Å². The van der Waals surface area contributed by atoms with Crippen LogP contribution in [0.5, 0.6) is 11.5 Å². The predicted octanol–water partition coefficient (Wildman–Crippen LogP) is 3.03. The predicted molar refractivity (Wildman–Crippen MR) is 84.4 cm³/mol. The van der Waals surface area contributed by atoms with Crippen molar-refractivity contribution in [2.75, 3.05) is 26.6 Å². The molecular weight excluding hydrogens is 282 g/mol. The second-order valence-electron chi connectivity index (χ2n) is 4.61. The molecule has 0 bridgehead atoms. The Morgan fingerprint density at radius 1 is 0.955 bits per heavy atom. The molecule has 0 amide bonds. The van der Waals surface area contributed by atoms with Gasteiger partial charge in [0.25, 0.3) is 0 Å². The van der Waals surface area contributed by atoms with E-state index in [9.17, 15) is 4.79 Å². The molecule has 0 aliphatic carbocycles. The first-order valence-corrected chi connectivity index (χ1v) is 6.80. The maximum absolute atomic E-state index is 12.1. The van der Waals surface area contributed by atoms with Crippen molar-refractivity contribution in [3.63, 3.8) is 0 Å². The second-order valence-corrected chi connectivity index (χ2v) is 4.61. The molecule has 0 aliphatic heterocycles. The van der Waals surface area contributed by atoms with Crippen molar-refractivity contribution in [3.05, 3.63) is 54.1 Å². The minimum absolute atomic E-state index is 0.368. The maximum atomic E-state index is 12.1. The molecule has 0 saturated carbocycles. The Bertz CT molecular complexity index is 606. The lowest BCUT2D eigenvalue weighted by Gasteiger charge is -2.19. The first-order valence-electron chi connectivity index (χ1n) is 6.80. The fourth-order valence-corrected chi connectivity index (χ4v) is 2.10. The Morgan fingerprint density at radius 2 is 1.55 bits per heavy atom. The Balaban J connectivity index is 2.33. The van der Waals surface area contributed by atoms with Gasteiger partial charge in [-0.1, -0.05) is 30.3 Å². The quantitative estimate of drug-likeness (QED) is 0.831. The Labute approximate surface area is 129 Å². The Hall–Kier alpha value is -2.69. The third-order valence-corrected chi connectivity index (χ3v) is 3.23. The van der Waals surface area contributed by atoms with Gasteiger partial charge in [0.2, 0.25) is 0 Å². The molecule has 0 heterocycles. The molecule has 2 rings (SSSR count). The molecule has 22 heavy (non-hydrogen) atoms. The van der Waals surface area contributed by atoms with Crippen LogP contribution in [0, 0.1) is 0 Å². The molecule has 0 radical (unpaired) electrons. The number of hydrogen-bond donors (Lipinski definition) is 1. The standard InChI is InChI=1S/C17H19NO4/c1-20-14-9-13(10-15(11-14)21-2)18-16(17(19)22-3)12-7-5-4-6-8-12/h4-11,16,18H,1-3H3/t16-/m0/s1. The zero-order valence-corrected chi connectivity index (χ0v) is 12.8. The lowest BCUT2D eigenvalue weighted by Crippen LogP contribution is -2.22. The number of anilines is 1. The van der Waals surface area contributed by atoms with E-state index in [1.54, 1.807) is 32.4 Å². The van der Waals surface area contributed by atoms with Crippen LogP contribution in [0.3, 0.4) is 0 Å². The van der Waals surface area contributed by atoms with Crippen LogP contribution in [0.1, 0.15) is 11.6 Å². The number of ether oxygens (including phenoxy) is 3. The average molecular weight is 301 g/mol. The van der Waals surface area contributed by atoms with Gasteiger partial charge in [0, 0.05) is 23.9 Å². The summed E-state index contributed by atoms with van der Waals surface area (Å²) in [6.45, 7) is 0. The summed E-state index contributed by atoms with van der Waals surface area (Å²) in [4.78, 5) is 12.1. The lowest BCUT2D eigenvalue weighted by molar-refractivity contribution is -0.141. The monoisotopic (exact) mass is 301 g/mol. The molecule has 0 fully saturated rings. The van der Waals surface area contributed by atoms with Crippen molar-refractivity contribution in [2.45, 2.75) is 6.04 Å². The van der Waals surface area contributed by atoms with Gasteiger partial charge in [0.05, 0.1) is 21.3 Å². The van der Waals surface area contributed by atoms with Crippen molar-refractivity contribution in [1.29, 1.82) is 0 Å². The number of nitrogens with one attached hydrogen (secondary N) is 1. The van der Waals surface area contributed by atoms with E-state index in [1.165, 1.54) is 7.11 Å². The summed E-state index contributed by atoms with van der Waals surface area (Å²) in [6.07, 6.45) is 0. The summed E-state index contributed by atoms with van der Waals surface area (Å²) in [5, 5.41) is 3.16. The highest BCUT2D eigenvalue weighted by molar-refractivity contribution is 5.81. The average Bonchev–Trinajstić information content (AvgIpc) is 2.59. The number of carbonyl (C=O) groups is 1. The van der Waals surface area contributed by atoms with Crippen LogP contribution in [0.15, 0.2) is 48.5 Å². The third-order valence-electron chi connectivity index (χ3n) is 3.23. The van der Waals surface area contributed by atoms with Crippen LogP contribution in [0.25, 0.3) is 0 Å². The molecule has 5 heteroatoms. The van der Waals surface area contributed by atoms with Crippen molar-refractivity contribution in [3.8, 4) is 11.5 Å². The third kappa shape index (κ3) is 3.69. The van der Waals surface area contributed by atoms with Gasteiger partial charge in [-0.25, -0.2) is 4.79 Å². The maximum Gasteiger partial charge on any atom is 0.332 e. The van der Waals surface area contributed by atoms with Crippen molar-refractivity contribution in [2.24, 2.45) is 0 Å². The van der Waals surface area contributed by atoms with E-state index in [1.807, 2.05) is 30.3 Å². The van der Waals surface area contributed by atoms with Gasteiger partial charge in [-0.05, 0) is 5.56 Å². The Kier molecular flexibility index (Phi) is 5.25. The normalized spacial score (nSPS) is 11.4. The summed E-state index contributed by atoms with van der Waals surface area (Å²) < 4.78 is 15.4. The van der Waals surface area contributed by atoms with Gasteiger partial charge >= 0.3 is 5.97 Å². The molecule has 0 aliphatic rings. The van der Waals surface area contributed by atoms with Gasteiger partial charge < -0.3 is 19.5 Å². The van der Waals surface area contributed by atoms with Crippen LogP contribution < -0.4 is 14.8 Å². The number of hydrogen-bond acceptors (Lipinski definition) is 5.